The van der Waals surface area contributed by atoms with Gasteiger partial charge in [0.15, 0.2) is 5.38 Å². The minimum atomic E-state index is -1.05. The number of non-ortho nitro benzene ring substituents is 1. The summed E-state index contributed by atoms with van der Waals surface area (Å²) >= 11 is 5.94. The van der Waals surface area contributed by atoms with E-state index in [-0.39, 0.29) is 5.69 Å². The van der Waals surface area contributed by atoms with E-state index in [0.29, 0.717) is 5.56 Å². The van der Waals surface area contributed by atoms with Crippen molar-refractivity contribution in [2.24, 2.45) is 0 Å². The number of nitrogens with zero attached hydrogens (tertiary/aromatic N) is 1. The van der Waals surface area contributed by atoms with Crippen molar-refractivity contribution >= 4 is 23.3 Å². The lowest BCUT2D eigenvalue weighted by atomic mass is 10.1. The van der Waals surface area contributed by atoms with E-state index in [2.05, 4.69) is 0 Å². The van der Waals surface area contributed by atoms with Crippen LogP contribution >= 0.6 is 11.6 Å². The van der Waals surface area contributed by atoms with Crippen LogP contribution in [-0.2, 0) is 9.53 Å². The Bertz CT molecular complexity index is 467. The number of benzene rings is 1. The number of hydrogen-bond acceptors (Lipinski definition) is 4. The smallest absolute Gasteiger partial charge is 0.329 e. The summed E-state index contributed by atoms with van der Waals surface area (Å²) in [5, 5.41) is 9.57. The number of ether oxygens (including phenoxy) is 1. The maximum atomic E-state index is 11.7. The van der Waals surface area contributed by atoms with Gasteiger partial charge in [0.1, 0.15) is 5.60 Å². The van der Waals surface area contributed by atoms with Crippen molar-refractivity contribution in [2.75, 3.05) is 0 Å². The third-order valence-electron chi connectivity index (χ3n) is 1.99. The molecule has 18 heavy (non-hydrogen) atoms. The van der Waals surface area contributed by atoms with Gasteiger partial charge in [-0.25, -0.2) is 0 Å². The summed E-state index contributed by atoms with van der Waals surface area (Å²) in [6, 6.07) is 5.63. The summed E-state index contributed by atoms with van der Waals surface area (Å²) in [7, 11) is 0. The molecule has 6 heteroatoms. The number of nitro benzene ring substituents is 1. The van der Waals surface area contributed by atoms with Gasteiger partial charge in [-0.15, -0.1) is 11.6 Å². The van der Waals surface area contributed by atoms with Crippen LogP contribution < -0.4 is 0 Å². The lowest BCUT2D eigenvalue weighted by molar-refractivity contribution is -0.384. The molecule has 98 valence electrons. The number of nitro groups is 1. The van der Waals surface area contributed by atoms with Crippen molar-refractivity contribution in [3.63, 3.8) is 0 Å². The van der Waals surface area contributed by atoms with E-state index in [9.17, 15) is 14.9 Å². The largest absolute Gasteiger partial charge is 0.459 e. The van der Waals surface area contributed by atoms with Gasteiger partial charge < -0.3 is 4.74 Å². The lowest BCUT2D eigenvalue weighted by Gasteiger charge is -2.21. The topological polar surface area (TPSA) is 69.4 Å². The molecule has 1 aromatic rings. The van der Waals surface area contributed by atoms with E-state index in [1.165, 1.54) is 18.2 Å². The van der Waals surface area contributed by atoms with Crippen LogP contribution in [0.1, 0.15) is 31.7 Å². The quantitative estimate of drug-likeness (QED) is 0.366. The zero-order valence-corrected chi connectivity index (χ0v) is 11.1. The molecule has 5 nitrogen and oxygen atoms in total. The highest BCUT2D eigenvalue weighted by Gasteiger charge is 2.25. The van der Waals surface area contributed by atoms with Crippen LogP contribution in [0.5, 0.6) is 0 Å². The number of esters is 1. The van der Waals surface area contributed by atoms with Crippen LogP contribution in [0.2, 0.25) is 0 Å². The van der Waals surface area contributed by atoms with Crippen molar-refractivity contribution in [2.45, 2.75) is 31.7 Å². The molecule has 1 atom stereocenters. The first-order chi connectivity index (χ1) is 8.20. The summed E-state index contributed by atoms with van der Waals surface area (Å²) in [5.41, 5.74) is -0.410. The van der Waals surface area contributed by atoms with Crippen molar-refractivity contribution in [3.05, 3.63) is 39.9 Å². The molecule has 0 N–H and O–H groups in total. The van der Waals surface area contributed by atoms with Gasteiger partial charge in [0.25, 0.3) is 5.69 Å². The van der Waals surface area contributed by atoms with Gasteiger partial charge in [0.2, 0.25) is 0 Å². The Labute approximate surface area is 110 Å². The number of hydrogen-bond donors (Lipinski definition) is 0. The Morgan fingerprint density at radius 1 is 1.44 bits per heavy atom. The fraction of sp³-hybridized carbons (Fsp3) is 0.417. The second-order valence-electron chi connectivity index (χ2n) is 4.75. The first-order valence-electron chi connectivity index (χ1n) is 5.32. The van der Waals surface area contributed by atoms with Gasteiger partial charge in [-0.1, -0.05) is 12.1 Å². The monoisotopic (exact) mass is 271 g/mol. The van der Waals surface area contributed by atoms with Gasteiger partial charge in [-0.05, 0) is 26.3 Å². The fourth-order valence-electron chi connectivity index (χ4n) is 1.29. The highest BCUT2D eigenvalue weighted by atomic mass is 35.5. The zero-order valence-electron chi connectivity index (χ0n) is 10.3. The van der Waals surface area contributed by atoms with Crippen molar-refractivity contribution in [1.29, 1.82) is 0 Å². The molecular weight excluding hydrogens is 258 g/mol. The molecule has 0 aliphatic carbocycles. The molecule has 0 spiro atoms. The van der Waals surface area contributed by atoms with Crippen LogP contribution in [0.4, 0.5) is 5.69 Å². The van der Waals surface area contributed by atoms with E-state index in [0.717, 1.165) is 0 Å². The molecule has 0 bridgehead atoms. The Hall–Kier alpha value is -1.62. The standard InChI is InChI=1S/C12H14ClNO4/c1-12(2,3)18-11(15)10(13)8-5-4-6-9(7-8)14(16)17/h4-7,10H,1-3H3. The Balaban J connectivity index is 2.90. The highest BCUT2D eigenvalue weighted by Crippen LogP contribution is 2.27. The van der Waals surface area contributed by atoms with Gasteiger partial charge in [-0.3, -0.25) is 14.9 Å². The van der Waals surface area contributed by atoms with E-state index >= 15 is 0 Å². The summed E-state index contributed by atoms with van der Waals surface area (Å²) in [5.74, 6) is -0.621. The number of halogens is 1. The number of carbonyl (C=O) groups excluding carboxylic acids is 1. The average molecular weight is 272 g/mol. The summed E-state index contributed by atoms with van der Waals surface area (Å²) in [6.45, 7) is 5.17. The van der Waals surface area contributed by atoms with Gasteiger partial charge >= 0.3 is 5.97 Å². The average Bonchev–Trinajstić information content (AvgIpc) is 2.26. The normalized spacial score (nSPS) is 12.9. The Kier molecular flexibility index (Phi) is 4.29. The molecule has 0 saturated carbocycles. The van der Waals surface area contributed by atoms with E-state index in [1.54, 1.807) is 26.8 Å². The van der Waals surface area contributed by atoms with E-state index in [4.69, 9.17) is 16.3 Å². The molecule has 0 radical (unpaired) electrons. The molecule has 0 aliphatic rings. The summed E-state index contributed by atoms with van der Waals surface area (Å²) < 4.78 is 5.11. The zero-order chi connectivity index (χ0) is 13.9. The first-order valence-corrected chi connectivity index (χ1v) is 5.75. The maximum Gasteiger partial charge on any atom is 0.329 e. The first kappa shape index (κ1) is 14.4. The summed E-state index contributed by atoms with van der Waals surface area (Å²) in [6.07, 6.45) is 0. The maximum absolute atomic E-state index is 11.7. The minimum absolute atomic E-state index is 0.110. The highest BCUT2D eigenvalue weighted by molar-refractivity contribution is 6.30. The molecule has 0 fully saturated rings. The SMILES string of the molecule is CC(C)(C)OC(=O)C(Cl)c1cccc([N+](=O)[O-])c1. The molecule has 0 heterocycles. The third kappa shape index (κ3) is 4.00. The van der Waals surface area contributed by atoms with Crippen LogP contribution in [0, 0.1) is 10.1 Å². The van der Waals surface area contributed by atoms with Gasteiger partial charge in [-0.2, -0.15) is 0 Å². The van der Waals surface area contributed by atoms with Crippen LogP contribution in [0.15, 0.2) is 24.3 Å². The van der Waals surface area contributed by atoms with Crippen molar-refractivity contribution in [3.8, 4) is 0 Å². The predicted octanol–water partition coefficient (Wildman–Crippen LogP) is 3.22. The third-order valence-corrected chi connectivity index (χ3v) is 2.42. The van der Waals surface area contributed by atoms with Crippen LogP contribution in [0.25, 0.3) is 0 Å². The van der Waals surface area contributed by atoms with E-state index < -0.39 is 21.9 Å². The molecule has 0 aromatic heterocycles. The van der Waals surface area contributed by atoms with Gasteiger partial charge in [0.05, 0.1) is 4.92 Å². The predicted molar refractivity (Wildman–Crippen MR) is 67.5 cm³/mol. The second kappa shape index (κ2) is 5.35. The fourth-order valence-corrected chi connectivity index (χ4v) is 1.47. The molecule has 0 amide bonds. The lowest BCUT2D eigenvalue weighted by Crippen LogP contribution is -2.26. The molecule has 1 unspecified atom stereocenters. The molecule has 1 aromatic carbocycles. The van der Waals surface area contributed by atoms with Crippen LogP contribution in [-0.4, -0.2) is 16.5 Å². The van der Waals surface area contributed by atoms with Gasteiger partial charge in [0, 0.05) is 12.1 Å². The van der Waals surface area contributed by atoms with E-state index in [1.807, 2.05) is 0 Å². The Morgan fingerprint density at radius 3 is 2.56 bits per heavy atom. The molecule has 0 aliphatic heterocycles. The van der Waals surface area contributed by atoms with Crippen molar-refractivity contribution in [1.82, 2.24) is 0 Å². The number of carbonyl (C=O) groups is 1. The second-order valence-corrected chi connectivity index (χ2v) is 5.18. The Morgan fingerprint density at radius 2 is 2.06 bits per heavy atom. The molecule has 0 saturated heterocycles. The van der Waals surface area contributed by atoms with Crippen LogP contribution in [0.3, 0.4) is 0 Å². The minimum Gasteiger partial charge on any atom is -0.459 e. The van der Waals surface area contributed by atoms with Crippen molar-refractivity contribution < 1.29 is 14.5 Å². The number of rotatable bonds is 3. The molecule has 1 rings (SSSR count). The number of alkyl halides is 1. The molecular formula is C12H14ClNO4. The summed E-state index contributed by atoms with van der Waals surface area (Å²) in [4.78, 5) is 21.8.